The molecule has 0 aliphatic carbocycles. The average Bonchev–Trinajstić information content (AvgIpc) is 2.86. The SMILES string of the molecule is CCC(N)c1nc(-c2cccc(C(F)(F)F)c2)cs1. The second kappa shape index (κ2) is 5.30. The van der Waals surface area contributed by atoms with Crippen molar-refractivity contribution in [2.75, 3.05) is 0 Å². The molecule has 6 heteroatoms. The van der Waals surface area contributed by atoms with Crippen molar-refractivity contribution in [2.24, 2.45) is 5.73 Å². The Labute approximate surface area is 113 Å². The fourth-order valence-corrected chi connectivity index (χ4v) is 2.53. The van der Waals surface area contributed by atoms with Gasteiger partial charge in [-0.3, -0.25) is 0 Å². The molecule has 2 aromatic rings. The maximum absolute atomic E-state index is 12.6. The Hall–Kier alpha value is -1.40. The van der Waals surface area contributed by atoms with Crippen molar-refractivity contribution in [1.29, 1.82) is 0 Å². The van der Waals surface area contributed by atoms with Gasteiger partial charge < -0.3 is 5.73 Å². The smallest absolute Gasteiger partial charge is 0.322 e. The maximum atomic E-state index is 12.6. The van der Waals surface area contributed by atoms with Crippen molar-refractivity contribution in [3.63, 3.8) is 0 Å². The number of halogens is 3. The van der Waals surface area contributed by atoms with Crippen LogP contribution in [0.1, 0.15) is 30.0 Å². The third-order valence-corrected chi connectivity index (χ3v) is 3.74. The monoisotopic (exact) mass is 286 g/mol. The van der Waals surface area contributed by atoms with Crippen LogP contribution in [0.25, 0.3) is 11.3 Å². The molecule has 0 spiro atoms. The first kappa shape index (κ1) is 14.0. The Morgan fingerprint density at radius 1 is 1.37 bits per heavy atom. The number of rotatable bonds is 3. The van der Waals surface area contributed by atoms with Crippen LogP contribution in [0.3, 0.4) is 0 Å². The van der Waals surface area contributed by atoms with Crippen LogP contribution in [0.2, 0.25) is 0 Å². The largest absolute Gasteiger partial charge is 0.416 e. The lowest BCUT2D eigenvalue weighted by atomic mass is 10.1. The summed E-state index contributed by atoms with van der Waals surface area (Å²) in [4.78, 5) is 4.30. The van der Waals surface area contributed by atoms with E-state index in [9.17, 15) is 13.2 Å². The van der Waals surface area contributed by atoms with Crippen LogP contribution in [0, 0.1) is 0 Å². The standard InChI is InChI=1S/C13H13F3N2S/c1-2-10(17)12-18-11(7-19-12)8-4-3-5-9(6-8)13(14,15)16/h3-7,10H,2,17H2,1H3. The van der Waals surface area contributed by atoms with Crippen LogP contribution in [-0.2, 0) is 6.18 Å². The minimum absolute atomic E-state index is 0.162. The molecular formula is C13H13F3N2S. The lowest BCUT2D eigenvalue weighted by Crippen LogP contribution is -2.08. The van der Waals surface area contributed by atoms with E-state index in [2.05, 4.69) is 4.98 Å². The van der Waals surface area contributed by atoms with Gasteiger partial charge in [0.05, 0.1) is 17.3 Å². The van der Waals surface area contributed by atoms with Gasteiger partial charge in [-0.05, 0) is 18.6 Å². The Bertz CT molecular complexity index is 563. The molecule has 0 aliphatic heterocycles. The van der Waals surface area contributed by atoms with E-state index < -0.39 is 11.7 Å². The predicted molar refractivity (Wildman–Crippen MR) is 69.8 cm³/mol. The molecule has 1 heterocycles. The number of nitrogens with two attached hydrogens (primary N) is 1. The van der Waals surface area contributed by atoms with Crippen LogP contribution >= 0.6 is 11.3 Å². The Morgan fingerprint density at radius 3 is 2.74 bits per heavy atom. The van der Waals surface area contributed by atoms with Gasteiger partial charge in [-0.1, -0.05) is 19.1 Å². The molecular weight excluding hydrogens is 273 g/mol. The van der Waals surface area contributed by atoms with Gasteiger partial charge in [0.1, 0.15) is 5.01 Å². The van der Waals surface area contributed by atoms with Crippen LogP contribution in [0.15, 0.2) is 29.6 Å². The van der Waals surface area contributed by atoms with Gasteiger partial charge >= 0.3 is 6.18 Å². The van der Waals surface area contributed by atoms with E-state index in [4.69, 9.17) is 5.73 Å². The molecule has 0 saturated carbocycles. The molecule has 2 N–H and O–H groups in total. The molecule has 2 rings (SSSR count). The Balaban J connectivity index is 2.34. The molecule has 19 heavy (non-hydrogen) atoms. The zero-order valence-corrected chi connectivity index (χ0v) is 11.1. The molecule has 1 aromatic carbocycles. The van der Waals surface area contributed by atoms with Crippen molar-refractivity contribution in [3.05, 3.63) is 40.2 Å². The second-order valence-electron chi connectivity index (χ2n) is 4.16. The first-order chi connectivity index (χ1) is 8.91. The van der Waals surface area contributed by atoms with Crippen molar-refractivity contribution < 1.29 is 13.2 Å². The third kappa shape index (κ3) is 3.13. The highest BCUT2D eigenvalue weighted by Gasteiger charge is 2.30. The Morgan fingerprint density at radius 2 is 2.11 bits per heavy atom. The zero-order chi connectivity index (χ0) is 14.0. The van der Waals surface area contributed by atoms with Crippen LogP contribution in [0.4, 0.5) is 13.2 Å². The van der Waals surface area contributed by atoms with Crippen molar-refractivity contribution >= 4 is 11.3 Å². The molecule has 1 aromatic heterocycles. The topological polar surface area (TPSA) is 38.9 Å². The van der Waals surface area contributed by atoms with E-state index in [1.165, 1.54) is 17.4 Å². The summed E-state index contributed by atoms with van der Waals surface area (Å²) in [5.74, 6) is 0. The fraction of sp³-hybridized carbons (Fsp3) is 0.308. The minimum atomic E-state index is -4.34. The van der Waals surface area contributed by atoms with Gasteiger partial charge in [-0.15, -0.1) is 11.3 Å². The first-order valence-electron chi connectivity index (χ1n) is 5.80. The molecule has 0 bridgehead atoms. The highest BCUT2D eigenvalue weighted by atomic mass is 32.1. The van der Waals surface area contributed by atoms with Crippen molar-refractivity contribution in [3.8, 4) is 11.3 Å². The summed E-state index contributed by atoms with van der Waals surface area (Å²) in [6.07, 6.45) is -3.59. The summed E-state index contributed by atoms with van der Waals surface area (Å²) in [5.41, 5.74) is 6.18. The van der Waals surface area contributed by atoms with Gasteiger partial charge in [-0.25, -0.2) is 4.98 Å². The van der Waals surface area contributed by atoms with E-state index in [1.54, 1.807) is 11.4 Å². The maximum Gasteiger partial charge on any atom is 0.416 e. The Kier molecular flexibility index (Phi) is 3.91. The summed E-state index contributed by atoms with van der Waals surface area (Å²) in [6, 6.07) is 5.00. The number of benzene rings is 1. The van der Waals surface area contributed by atoms with Gasteiger partial charge in [0.2, 0.25) is 0 Å². The number of aromatic nitrogens is 1. The van der Waals surface area contributed by atoms with E-state index in [1.807, 2.05) is 6.92 Å². The summed E-state index contributed by atoms with van der Waals surface area (Å²) in [6.45, 7) is 1.94. The lowest BCUT2D eigenvalue weighted by Gasteiger charge is -2.07. The minimum Gasteiger partial charge on any atom is -0.322 e. The molecule has 0 fully saturated rings. The number of thiazole rings is 1. The first-order valence-corrected chi connectivity index (χ1v) is 6.68. The molecule has 0 aliphatic rings. The normalized spacial score (nSPS) is 13.5. The van der Waals surface area contributed by atoms with E-state index in [0.717, 1.165) is 23.6 Å². The predicted octanol–water partition coefficient (Wildman–Crippen LogP) is 4.24. The van der Waals surface area contributed by atoms with Gasteiger partial charge in [-0.2, -0.15) is 13.2 Å². The highest BCUT2D eigenvalue weighted by molar-refractivity contribution is 7.10. The van der Waals surface area contributed by atoms with Gasteiger partial charge in [0, 0.05) is 10.9 Å². The molecule has 102 valence electrons. The second-order valence-corrected chi connectivity index (χ2v) is 5.05. The van der Waals surface area contributed by atoms with Crippen LogP contribution < -0.4 is 5.73 Å². The number of nitrogens with zero attached hydrogens (tertiary/aromatic N) is 1. The number of hydrogen-bond acceptors (Lipinski definition) is 3. The number of hydrogen-bond donors (Lipinski definition) is 1. The summed E-state index contributed by atoms with van der Waals surface area (Å²) in [7, 11) is 0. The molecule has 0 radical (unpaired) electrons. The molecule has 0 amide bonds. The number of alkyl halides is 3. The lowest BCUT2D eigenvalue weighted by molar-refractivity contribution is -0.137. The molecule has 0 saturated heterocycles. The summed E-state index contributed by atoms with van der Waals surface area (Å²) >= 11 is 1.37. The van der Waals surface area contributed by atoms with E-state index in [-0.39, 0.29) is 6.04 Å². The molecule has 1 atom stereocenters. The van der Waals surface area contributed by atoms with Crippen molar-refractivity contribution in [2.45, 2.75) is 25.6 Å². The molecule has 2 nitrogen and oxygen atoms in total. The zero-order valence-electron chi connectivity index (χ0n) is 10.2. The summed E-state index contributed by atoms with van der Waals surface area (Å²) < 4.78 is 37.9. The van der Waals surface area contributed by atoms with Crippen LogP contribution in [0.5, 0.6) is 0 Å². The summed E-state index contributed by atoms with van der Waals surface area (Å²) in [5, 5.41) is 2.48. The third-order valence-electron chi connectivity index (χ3n) is 2.76. The van der Waals surface area contributed by atoms with Crippen LogP contribution in [-0.4, -0.2) is 4.98 Å². The van der Waals surface area contributed by atoms with Crippen molar-refractivity contribution in [1.82, 2.24) is 4.98 Å². The van der Waals surface area contributed by atoms with E-state index in [0.29, 0.717) is 11.3 Å². The highest BCUT2D eigenvalue weighted by Crippen LogP contribution is 2.33. The fourth-order valence-electron chi connectivity index (χ4n) is 1.62. The average molecular weight is 286 g/mol. The molecule has 1 unspecified atom stereocenters. The van der Waals surface area contributed by atoms with Gasteiger partial charge in [0.25, 0.3) is 0 Å². The van der Waals surface area contributed by atoms with Gasteiger partial charge in [0.15, 0.2) is 0 Å². The quantitative estimate of drug-likeness (QED) is 0.916. The van der Waals surface area contributed by atoms with E-state index >= 15 is 0 Å².